The van der Waals surface area contributed by atoms with Gasteiger partial charge in [0.15, 0.2) is 12.5 Å². The Morgan fingerprint density at radius 3 is 2.55 bits per heavy atom. The van der Waals surface area contributed by atoms with Gasteiger partial charge in [-0.2, -0.15) is 0 Å². The normalized spacial score (nSPS) is 12.1. The Bertz CT molecular complexity index is 358. The average molecular weight is 288 g/mol. The number of unbranched alkanes of at least 4 members (excludes halogenated alkanes) is 3. The summed E-state index contributed by atoms with van der Waals surface area (Å²) in [6.07, 6.45) is 4.87. The highest BCUT2D eigenvalue weighted by atomic mass is 19.1. The second-order valence-electron chi connectivity index (χ2n) is 4.18. The van der Waals surface area contributed by atoms with Crippen molar-refractivity contribution in [3.8, 4) is 0 Å². The largest absolute Gasteiger partial charge is 0.450 e. The lowest BCUT2D eigenvalue weighted by atomic mass is 10.2. The molecule has 1 unspecified atom stereocenters. The van der Waals surface area contributed by atoms with Gasteiger partial charge in [-0.25, -0.2) is 9.18 Å². The number of amides is 2. The summed E-state index contributed by atoms with van der Waals surface area (Å²) >= 11 is 0. The van der Waals surface area contributed by atoms with Gasteiger partial charge in [-0.15, -0.1) is 0 Å². The molecule has 0 saturated carbocycles. The van der Waals surface area contributed by atoms with E-state index in [-0.39, 0.29) is 6.61 Å². The van der Waals surface area contributed by atoms with Crippen molar-refractivity contribution in [3.63, 3.8) is 0 Å². The smallest absolute Gasteiger partial charge is 0.407 e. The zero-order valence-corrected chi connectivity index (χ0v) is 11.6. The number of ketones is 1. The van der Waals surface area contributed by atoms with E-state index in [1.807, 2.05) is 0 Å². The molecular formula is C13H21FN2O4. The van der Waals surface area contributed by atoms with Gasteiger partial charge in [-0.3, -0.25) is 9.59 Å². The fourth-order valence-corrected chi connectivity index (χ4v) is 1.37. The molecule has 0 bridgehead atoms. The van der Waals surface area contributed by atoms with Gasteiger partial charge in [0.2, 0.25) is 5.91 Å². The maximum atomic E-state index is 12.3. The molecular weight excluding hydrogens is 267 g/mol. The molecule has 0 fully saturated rings. The number of carbonyl (C=O) groups excluding carboxylic acids is 3. The monoisotopic (exact) mass is 288 g/mol. The lowest BCUT2D eigenvalue weighted by Crippen LogP contribution is -2.40. The molecule has 7 heteroatoms. The molecule has 0 saturated heterocycles. The molecule has 0 spiro atoms. The van der Waals surface area contributed by atoms with Gasteiger partial charge in [0.1, 0.15) is 6.04 Å². The van der Waals surface area contributed by atoms with Gasteiger partial charge in [0.05, 0.1) is 6.61 Å². The lowest BCUT2D eigenvalue weighted by molar-refractivity contribution is -0.120. The number of carbonyl (C=O) groups is 3. The van der Waals surface area contributed by atoms with Crippen molar-refractivity contribution in [2.45, 2.75) is 38.6 Å². The van der Waals surface area contributed by atoms with Gasteiger partial charge in [0, 0.05) is 6.08 Å². The van der Waals surface area contributed by atoms with Gasteiger partial charge in [0.25, 0.3) is 0 Å². The van der Waals surface area contributed by atoms with Crippen LogP contribution in [0.3, 0.4) is 0 Å². The third-order valence-electron chi connectivity index (χ3n) is 2.44. The van der Waals surface area contributed by atoms with Crippen LogP contribution >= 0.6 is 0 Å². The average Bonchev–Trinajstić information content (AvgIpc) is 2.42. The maximum absolute atomic E-state index is 12.3. The molecule has 0 aromatic carbocycles. The molecule has 0 rings (SSSR count). The number of nitrogens with two attached hydrogens (primary N) is 1. The van der Waals surface area contributed by atoms with E-state index in [0.717, 1.165) is 37.8 Å². The van der Waals surface area contributed by atoms with E-state index in [2.05, 4.69) is 12.2 Å². The summed E-state index contributed by atoms with van der Waals surface area (Å²) in [5.41, 5.74) is 4.87. The van der Waals surface area contributed by atoms with Crippen molar-refractivity contribution >= 4 is 17.8 Å². The SMILES string of the molecule is CCCCCCOC(=O)NC(/C=C/C(N)=O)C(=O)CF. The predicted molar refractivity (Wildman–Crippen MR) is 71.7 cm³/mol. The Hall–Kier alpha value is -1.92. The minimum Gasteiger partial charge on any atom is -0.450 e. The summed E-state index contributed by atoms with van der Waals surface area (Å²) in [7, 11) is 0. The van der Waals surface area contributed by atoms with Crippen LogP contribution in [0.1, 0.15) is 32.6 Å². The number of rotatable bonds is 10. The van der Waals surface area contributed by atoms with Crippen LogP contribution in [0.5, 0.6) is 0 Å². The Labute approximate surface area is 117 Å². The zero-order valence-electron chi connectivity index (χ0n) is 11.6. The van der Waals surface area contributed by atoms with E-state index in [1.165, 1.54) is 0 Å². The third kappa shape index (κ3) is 9.07. The Kier molecular flexibility index (Phi) is 9.90. The van der Waals surface area contributed by atoms with Crippen molar-refractivity contribution in [2.75, 3.05) is 13.3 Å². The molecule has 3 N–H and O–H groups in total. The fraction of sp³-hybridized carbons (Fsp3) is 0.615. The van der Waals surface area contributed by atoms with Crippen LogP contribution in [-0.4, -0.2) is 37.1 Å². The quantitative estimate of drug-likeness (QED) is 0.466. The number of ether oxygens (including phenoxy) is 1. The maximum Gasteiger partial charge on any atom is 0.407 e. The first-order valence-electron chi connectivity index (χ1n) is 6.50. The number of halogens is 1. The molecule has 2 amide bonds. The summed E-state index contributed by atoms with van der Waals surface area (Å²) in [5.74, 6) is -1.68. The zero-order chi connectivity index (χ0) is 15.4. The topological polar surface area (TPSA) is 98.5 Å². The van der Waals surface area contributed by atoms with E-state index >= 15 is 0 Å². The Morgan fingerprint density at radius 2 is 2.00 bits per heavy atom. The van der Waals surface area contributed by atoms with Crippen LogP contribution < -0.4 is 11.1 Å². The third-order valence-corrected chi connectivity index (χ3v) is 2.44. The second-order valence-corrected chi connectivity index (χ2v) is 4.18. The van der Waals surface area contributed by atoms with E-state index in [1.54, 1.807) is 0 Å². The standard InChI is InChI=1S/C13H21FN2O4/c1-2-3-4-5-8-20-13(19)16-10(11(17)9-14)6-7-12(15)18/h6-7,10H,2-5,8-9H2,1H3,(H2,15,18)(H,16,19)/b7-6+. The minimum absolute atomic E-state index is 0.224. The molecule has 0 aliphatic rings. The number of nitrogens with one attached hydrogen (secondary N) is 1. The van der Waals surface area contributed by atoms with Crippen molar-refractivity contribution in [2.24, 2.45) is 5.73 Å². The van der Waals surface area contributed by atoms with Gasteiger partial charge >= 0.3 is 6.09 Å². The molecule has 0 aromatic heterocycles. The summed E-state index contributed by atoms with van der Waals surface area (Å²) in [6.45, 7) is 1.03. The van der Waals surface area contributed by atoms with Crippen LogP contribution in [0, 0.1) is 0 Å². The van der Waals surface area contributed by atoms with E-state index in [9.17, 15) is 18.8 Å². The van der Waals surface area contributed by atoms with Crippen LogP contribution in [0.25, 0.3) is 0 Å². The first-order chi connectivity index (χ1) is 9.51. The second kappa shape index (κ2) is 11.0. The van der Waals surface area contributed by atoms with Crippen LogP contribution in [0.2, 0.25) is 0 Å². The highest BCUT2D eigenvalue weighted by Crippen LogP contribution is 1.99. The van der Waals surface area contributed by atoms with E-state index in [0.29, 0.717) is 0 Å². The molecule has 0 heterocycles. The molecule has 114 valence electrons. The highest BCUT2D eigenvalue weighted by Gasteiger charge is 2.18. The van der Waals surface area contributed by atoms with Crippen molar-refractivity contribution in [1.29, 1.82) is 0 Å². The Morgan fingerprint density at radius 1 is 1.30 bits per heavy atom. The minimum atomic E-state index is -1.26. The summed E-state index contributed by atoms with van der Waals surface area (Å²) in [6, 6.07) is -1.25. The van der Waals surface area contributed by atoms with Gasteiger partial charge in [-0.05, 0) is 12.5 Å². The van der Waals surface area contributed by atoms with E-state index in [4.69, 9.17) is 10.5 Å². The molecule has 0 aliphatic carbocycles. The summed E-state index contributed by atoms with van der Waals surface area (Å²) in [4.78, 5) is 33.2. The van der Waals surface area contributed by atoms with E-state index < -0.39 is 30.5 Å². The molecule has 0 radical (unpaired) electrons. The van der Waals surface area contributed by atoms with Crippen LogP contribution in [0.4, 0.5) is 9.18 Å². The molecule has 6 nitrogen and oxygen atoms in total. The Balaban J connectivity index is 4.19. The number of alkyl halides is 1. The molecule has 0 aromatic rings. The van der Waals surface area contributed by atoms with Gasteiger partial charge < -0.3 is 15.8 Å². The molecule has 20 heavy (non-hydrogen) atoms. The van der Waals surface area contributed by atoms with Gasteiger partial charge in [-0.1, -0.05) is 26.2 Å². The number of hydrogen-bond donors (Lipinski definition) is 2. The first kappa shape index (κ1) is 18.1. The van der Waals surface area contributed by atoms with Crippen LogP contribution in [-0.2, 0) is 14.3 Å². The van der Waals surface area contributed by atoms with Crippen molar-refractivity contribution in [3.05, 3.63) is 12.2 Å². The number of alkyl carbamates (subject to hydrolysis) is 1. The van der Waals surface area contributed by atoms with Crippen LogP contribution in [0.15, 0.2) is 12.2 Å². The molecule has 0 aliphatic heterocycles. The number of Topliss-reactive ketones (excluding diaryl/α,β-unsaturated/α-hetero) is 1. The summed E-state index contributed by atoms with van der Waals surface area (Å²) < 4.78 is 17.2. The van der Waals surface area contributed by atoms with Crippen molar-refractivity contribution in [1.82, 2.24) is 5.32 Å². The van der Waals surface area contributed by atoms with Crippen molar-refractivity contribution < 1.29 is 23.5 Å². The summed E-state index contributed by atoms with van der Waals surface area (Å²) in [5, 5.41) is 2.17. The predicted octanol–water partition coefficient (Wildman–Crippen LogP) is 1.24. The first-order valence-corrected chi connectivity index (χ1v) is 6.50. The fourth-order valence-electron chi connectivity index (χ4n) is 1.37. The number of hydrogen-bond acceptors (Lipinski definition) is 4. The number of primary amides is 1. The lowest BCUT2D eigenvalue weighted by Gasteiger charge is -2.12. The highest BCUT2D eigenvalue weighted by molar-refractivity contribution is 5.92. The molecule has 1 atom stereocenters.